The highest BCUT2D eigenvalue weighted by Crippen LogP contribution is 2.44. The van der Waals surface area contributed by atoms with Crippen LogP contribution in [0.25, 0.3) is 0 Å². The molecule has 0 unspecified atom stereocenters. The van der Waals surface area contributed by atoms with E-state index in [1.54, 1.807) is 4.90 Å². The van der Waals surface area contributed by atoms with Gasteiger partial charge in [0.2, 0.25) is 17.7 Å². The lowest BCUT2D eigenvalue weighted by Gasteiger charge is -2.28. The zero-order valence-corrected chi connectivity index (χ0v) is 11.4. The Morgan fingerprint density at radius 2 is 1.67 bits per heavy atom. The number of hydrogen-bond donors (Lipinski definition) is 0. The first-order chi connectivity index (χ1) is 10.2. The predicted molar refractivity (Wildman–Crippen MR) is 68.9 cm³/mol. The molecule has 0 aromatic carbocycles. The van der Waals surface area contributed by atoms with Crippen LogP contribution in [0.2, 0.25) is 0 Å². The maximum atomic E-state index is 12.4. The zero-order chi connectivity index (χ0) is 14.6. The van der Waals surface area contributed by atoms with E-state index in [1.807, 2.05) is 12.2 Å². The number of imide groups is 1. The lowest BCUT2D eigenvalue weighted by molar-refractivity contribution is -0.149. The van der Waals surface area contributed by atoms with Gasteiger partial charge in [0.1, 0.15) is 6.54 Å². The molecular weight excluding hydrogens is 276 g/mol. The van der Waals surface area contributed by atoms with Gasteiger partial charge in [0.25, 0.3) is 0 Å². The lowest BCUT2D eigenvalue weighted by atomic mass is 9.85. The van der Waals surface area contributed by atoms with E-state index in [9.17, 15) is 14.4 Å². The lowest BCUT2D eigenvalue weighted by Crippen LogP contribution is -2.47. The highest BCUT2D eigenvalue weighted by Gasteiger charge is 2.60. The van der Waals surface area contributed by atoms with Crippen LogP contribution >= 0.6 is 0 Å². The first kappa shape index (κ1) is 13.0. The van der Waals surface area contributed by atoms with Gasteiger partial charge in [-0.3, -0.25) is 19.3 Å². The van der Waals surface area contributed by atoms with Crippen molar-refractivity contribution in [2.75, 3.05) is 32.8 Å². The fraction of sp³-hybridized carbons (Fsp3) is 0.643. The number of likely N-dealkylation sites (tertiary alicyclic amines) is 1. The average Bonchev–Trinajstić information content (AvgIpc) is 3.18. The Hall–Kier alpha value is -1.73. The summed E-state index contributed by atoms with van der Waals surface area (Å²) >= 11 is 0. The monoisotopic (exact) mass is 292 g/mol. The van der Waals surface area contributed by atoms with Crippen molar-refractivity contribution >= 4 is 17.7 Å². The van der Waals surface area contributed by atoms with Crippen LogP contribution in [0, 0.1) is 11.8 Å². The van der Waals surface area contributed by atoms with Crippen LogP contribution in [0.15, 0.2) is 12.2 Å². The van der Waals surface area contributed by atoms with Crippen LogP contribution in [-0.2, 0) is 23.9 Å². The molecule has 0 N–H and O–H groups in total. The highest BCUT2D eigenvalue weighted by molar-refractivity contribution is 6.08. The minimum Gasteiger partial charge on any atom is -0.378 e. The quantitative estimate of drug-likeness (QED) is 0.471. The maximum absolute atomic E-state index is 12.4. The van der Waals surface area contributed by atoms with Gasteiger partial charge in [-0.1, -0.05) is 12.2 Å². The number of amides is 3. The normalized spacial score (nSPS) is 37.5. The number of rotatable bonds is 2. The molecule has 3 fully saturated rings. The molecular formula is C14H16N2O5. The molecule has 4 heterocycles. The minimum absolute atomic E-state index is 0.163. The summed E-state index contributed by atoms with van der Waals surface area (Å²) in [6.45, 7) is 1.86. The van der Waals surface area contributed by atoms with Crippen molar-refractivity contribution in [2.24, 2.45) is 11.8 Å². The number of morpholine rings is 1. The molecule has 0 saturated carbocycles. The van der Waals surface area contributed by atoms with E-state index in [4.69, 9.17) is 9.47 Å². The topological polar surface area (TPSA) is 76.2 Å². The molecule has 3 saturated heterocycles. The standard InChI is InChI=1S/C14H16N2O5/c17-10(15-3-5-20-6-4-15)7-16-13(18)11-8-1-2-9(21-8)12(11)14(16)19/h1-2,8-9,11-12H,3-7H2/t8-,9+,11-,12+. The van der Waals surface area contributed by atoms with Gasteiger partial charge in [0.05, 0.1) is 37.3 Å². The summed E-state index contributed by atoms with van der Waals surface area (Å²) in [6, 6.07) is 0. The van der Waals surface area contributed by atoms with Crippen molar-refractivity contribution in [1.29, 1.82) is 0 Å². The largest absolute Gasteiger partial charge is 0.378 e. The van der Waals surface area contributed by atoms with Crippen LogP contribution in [0.5, 0.6) is 0 Å². The van der Waals surface area contributed by atoms with E-state index in [1.165, 1.54) is 0 Å². The van der Waals surface area contributed by atoms with Gasteiger partial charge in [-0.2, -0.15) is 0 Å². The number of hydrogen-bond acceptors (Lipinski definition) is 5. The average molecular weight is 292 g/mol. The summed E-state index contributed by atoms with van der Waals surface area (Å²) < 4.78 is 10.8. The fourth-order valence-electron chi connectivity index (χ4n) is 3.57. The van der Waals surface area contributed by atoms with Gasteiger partial charge in [0, 0.05) is 13.1 Å². The molecule has 7 heteroatoms. The van der Waals surface area contributed by atoms with Crippen LogP contribution < -0.4 is 0 Å². The van der Waals surface area contributed by atoms with Crippen molar-refractivity contribution in [2.45, 2.75) is 12.2 Å². The Morgan fingerprint density at radius 3 is 2.24 bits per heavy atom. The van der Waals surface area contributed by atoms with Gasteiger partial charge in [-0.15, -0.1) is 0 Å². The summed E-state index contributed by atoms with van der Waals surface area (Å²) in [6.07, 6.45) is 3.06. The molecule has 7 nitrogen and oxygen atoms in total. The first-order valence-electron chi connectivity index (χ1n) is 7.21. The maximum Gasteiger partial charge on any atom is 0.242 e. The van der Waals surface area contributed by atoms with E-state index in [-0.39, 0.29) is 36.5 Å². The molecule has 0 radical (unpaired) electrons. The number of nitrogens with zero attached hydrogens (tertiary/aromatic N) is 2. The Balaban J connectivity index is 1.48. The predicted octanol–water partition coefficient (Wildman–Crippen LogP) is -1.22. The Labute approximate surface area is 121 Å². The molecule has 4 aliphatic rings. The molecule has 112 valence electrons. The van der Waals surface area contributed by atoms with Crippen LogP contribution in [0.1, 0.15) is 0 Å². The van der Waals surface area contributed by atoms with Gasteiger partial charge < -0.3 is 14.4 Å². The highest BCUT2D eigenvalue weighted by atomic mass is 16.5. The number of carbonyl (C=O) groups is 3. The van der Waals surface area contributed by atoms with E-state index >= 15 is 0 Å². The molecule has 0 aromatic rings. The second-order valence-corrected chi connectivity index (χ2v) is 5.76. The molecule has 21 heavy (non-hydrogen) atoms. The van der Waals surface area contributed by atoms with E-state index in [0.29, 0.717) is 26.3 Å². The number of ether oxygens (including phenoxy) is 2. The number of carbonyl (C=O) groups excluding carboxylic acids is 3. The van der Waals surface area contributed by atoms with Crippen LogP contribution in [0.4, 0.5) is 0 Å². The van der Waals surface area contributed by atoms with Crippen molar-refractivity contribution in [1.82, 2.24) is 9.80 Å². The van der Waals surface area contributed by atoms with E-state index < -0.39 is 11.8 Å². The summed E-state index contributed by atoms with van der Waals surface area (Å²) in [4.78, 5) is 39.8. The summed E-state index contributed by atoms with van der Waals surface area (Å²) in [5.74, 6) is -1.62. The Kier molecular flexibility index (Phi) is 2.87. The number of fused-ring (bicyclic) bond motifs is 5. The van der Waals surface area contributed by atoms with Gasteiger partial charge in [-0.05, 0) is 0 Å². The van der Waals surface area contributed by atoms with Crippen molar-refractivity contribution < 1.29 is 23.9 Å². The molecule has 4 aliphatic heterocycles. The second kappa shape index (κ2) is 4.64. The Bertz CT molecular complexity index is 509. The molecule has 0 aromatic heterocycles. The van der Waals surface area contributed by atoms with Gasteiger partial charge in [0.15, 0.2) is 0 Å². The van der Waals surface area contributed by atoms with Gasteiger partial charge in [-0.25, -0.2) is 0 Å². The van der Waals surface area contributed by atoms with E-state index in [0.717, 1.165) is 4.90 Å². The molecule has 0 aliphatic carbocycles. The SMILES string of the molecule is O=C(CN1C(=O)[C@@H]2[C@H](C1=O)[C@H]1C=C[C@@H]2O1)N1CCOCC1. The third-order valence-electron chi connectivity index (χ3n) is 4.66. The van der Waals surface area contributed by atoms with Crippen molar-refractivity contribution in [3.05, 3.63) is 12.2 Å². The van der Waals surface area contributed by atoms with E-state index in [2.05, 4.69) is 0 Å². The molecule has 4 rings (SSSR count). The summed E-state index contributed by atoms with van der Waals surface area (Å²) in [5, 5.41) is 0. The Morgan fingerprint density at radius 1 is 1.10 bits per heavy atom. The third-order valence-corrected chi connectivity index (χ3v) is 4.66. The summed E-state index contributed by atoms with van der Waals surface area (Å²) in [5.41, 5.74) is 0. The van der Waals surface area contributed by atoms with Crippen LogP contribution in [-0.4, -0.2) is 72.6 Å². The molecule has 2 bridgehead atoms. The van der Waals surface area contributed by atoms with Crippen molar-refractivity contribution in [3.8, 4) is 0 Å². The first-order valence-corrected chi connectivity index (χ1v) is 7.21. The molecule has 4 atom stereocenters. The zero-order valence-electron chi connectivity index (χ0n) is 11.4. The van der Waals surface area contributed by atoms with Crippen molar-refractivity contribution in [3.63, 3.8) is 0 Å². The van der Waals surface area contributed by atoms with Crippen LogP contribution in [0.3, 0.4) is 0 Å². The summed E-state index contributed by atoms with van der Waals surface area (Å²) in [7, 11) is 0. The third kappa shape index (κ3) is 1.84. The van der Waals surface area contributed by atoms with Gasteiger partial charge >= 0.3 is 0 Å². The second-order valence-electron chi connectivity index (χ2n) is 5.76. The molecule has 0 spiro atoms. The minimum atomic E-state index is -0.440. The molecule has 3 amide bonds. The smallest absolute Gasteiger partial charge is 0.242 e. The fourth-order valence-corrected chi connectivity index (χ4v) is 3.57.